The molecule has 1 aromatic carbocycles. The number of aliphatic imine (C=N–C) groups is 1. The molecule has 0 atom stereocenters. The van der Waals surface area contributed by atoms with Crippen LogP contribution >= 0.6 is 35.6 Å². The minimum absolute atomic E-state index is 0. The molecule has 0 radical (unpaired) electrons. The van der Waals surface area contributed by atoms with Gasteiger partial charge in [0.15, 0.2) is 5.96 Å². The maximum absolute atomic E-state index is 11.8. The lowest BCUT2D eigenvalue weighted by Crippen LogP contribution is -2.50. The summed E-state index contributed by atoms with van der Waals surface area (Å²) in [5.41, 5.74) is 0.817. The first-order valence-corrected chi connectivity index (χ1v) is 10.4. The molecule has 9 nitrogen and oxygen atoms in total. The maximum Gasteiger partial charge on any atom is 0.409 e. The van der Waals surface area contributed by atoms with Gasteiger partial charge in [0.2, 0.25) is 11.7 Å². The number of halogens is 2. The lowest BCUT2D eigenvalue weighted by Gasteiger charge is -2.32. The van der Waals surface area contributed by atoms with Gasteiger partial charge in [-0.1, -0.05) is 28.9 Å². The Hall–Kier alpha value is -2.08. The van der Waals surface area contributed by atoms with Crippen LogP contribution in [0, 0.1) is 0 Å². The first kappa shape index (κ1) is 25.2. The molecule has 1 aliphatic rings. The van der Waals surface area contributed by atoms with Gasteiger partial charge in [0.25, 0.3) is 0 Å². The second kappa shape index (κ2) is 12.7. The summed E-state index contributed by atoms with van der Waals surface area (Å²) in [6, 6.07) is 7.59. The molecule has 2 N–H and O–H groups in total. The Labute approximate surface area is 204 Å². The number of amides is 1. The van der Waals surface area contributed by atoms with Crippen LogP contribution in [0.2, 0.25) is 5.02 Å². The highest BCUT2D eigenvalue weighted by Gasteiger charge is 2.24. The summed E-state index contributed by atoms with van der Waals surface area (Å²) in [6.45, 7) is 4.14. The third-order valence-corrected chi connectivity index (χ3v) is 5.00. The van der Waals surface area contributed by atoms with Gasteiger partial charge >= 0.3 is 6.09 Å². The molecule has 1 amide bonds. The number of rotatable bonds is 6. The SMILES string of the molecule is CCOC(=O)N1CCC(NC(=NC)NCCc2nc(-c3cccc(Cl)c3)no2)CC1.I. The molecule has 31 heavy (non-hydrogen) atoms. The van der Waals surface area contributed by atoms with Crippen LogP contribution in [-0.2, 0) is 11.2 Å². The zero-order chi connectivity index (χ0) is 21.3. The summed E-state index contributed by atoms with van der Waals surface area (Å²) in [5, 5.41) is 11.3. The van der Waals surface area contributed by atoms with Gasteiger partial charge in [-0.25, -0.2) is 4.79 Å². The van der Waals surface area contributed by atoms with Crippen molar-refractivity contribution in [1.29, 1.82) is 0 Å². The number of ether oxygens (including phenoxy) is 1. The van der Waals surface area contributed by atoms with Gasteiger partial charge in [-0.3, -0.25) is 4.99 Å². The van der Waals surface area contributed by atoms with Crippen LogP contribution in [0.5, 0.6) is 0 Å². The number of hydrogen-bond acceptors (Lipinski definition) is 6. The number of nitrogens with one attached hydrogen (secondary N) is 2. The van der Waals surface area contributed by atoms with Crippen molar-refractivity contribution in [2.45, 2.75) is 32.2 Å². The number of guanidine groups is 1. The van der Waals surface area contributed by atoms with E-state index in [4.69, 9.17) is 20.9 Å². The monoisotopic (exact) mass is 562 g/mol. The summed E-state index contributed by atoms with van der Waals surface area (Å²) in [7, 11) is 1.73. The van der Waals surface area contributed by atoms with Crippen LogP contribution in [0.25, 0.3) is 11.4 Å². The Kier molecular flexibility index (Phi) is 10.3. The fraction of sp³-hybridized carbons (Fsp3) is 0.500. The summed E-state index contributed by atoms with van der Waals surface area (Å²) in [5.74, 6) is 1.76. The lowest BCUT2D eigenvalue weighted by molar-refractivity contribution is 0.0963. The highest BCUT2D eigenvalue weighted by Crippen LogP contribution is 2.20. The van der Waals surface area contributed by atoms with Crippen LogP contribution in [0.15, 0.2) is 33.8 Å². The number of carbonyl (C=O) groups excluding carboxylic acids is 1. The molecule has 1 aliphatic heterocycles. The predicted octanol–water partition coefficient (Wildman–Crippen LogP) is 3.34. The first-order chi connectivity index (χ1) is 14.6. The van der Waals surface area contributed by atoms with E-state index in [0.717, 1.165) is 18.4 Å². The number of piperidine rings is 1. The largest absolute Gasteiger partial charge is 0.450 e. The zero-order valence-corrected chi connectivity index (χ0v) is 20.7. The Bertz CT molecular complexity index is 870. The van der Waals surface area contributed by atoms with Crippen molar-refractivity contribution in [2.75, 3.05) is 33.3 Å². The minimum atomic E-state index is -0.241. The maximum atomic E-state index is 11.8. The topological polar surface area (TPSA) is 105 Å². The summed E-state index contributed by atoms with van der Waals surface area (Å²) < 4.78 is 10.4. The van der Waals surface area contributed by atoms with Crippen molar-refractivity contribution in [3.05, 3.63) is 35.2 Å². The fourth-order valence-electron chi connectivity index (χ4n) is 3.20. The van der Waals surface area contributed by atoms with Crippen molar-refractivity contribution in [3.63, 3.8) is 0 Å². The van der Waals surface area contributed by atoms with Gasteiger partial charge < -0.3 is 24.8 Å². The molecule has 0 bridgehead atoms. The number of aromatic nitrogens is 2. The van der Waals surface area contributed by atoms with E-state index >= 15 is 0 Å². The van der Waals surface area contributed by atoms with Crippen LogP contribution in [0.3, 0.4) is 0 Å². The van der Waals surface area contributed by atoms with E-state index in [9.17, 15) is 4.79 Å². The molecule has 0 saturated carbocycles. The van der Waals surface area contributed by atoms with E-state index in [1.807, 2.05) is 19.1 Å². The molecule has 1 saturated heterocycles. The third-order valence-electron chi connectivity index (χ3n) is 4.77. The van der Waals surface area contributed by atoms with Gasteiger partial charge in [-0.15, -0.1) is 24.0 Å². The van der Waals surface area contributed by atoms with Crippen molar-refractivity contribution in [3.8, 4) is 11.4 Å². The number of likely N-dealkylation sites (tertiary alicyclic amines) is 1. The first-order valence-electron chi connectivity index (χ1n) is 10.1. The van der Waals surface area contributed by atoms with Crippen LogP contribution in [0.4, 0.5) is 4.79 Å². The smallest absolute Gasteiger partial charge is 0.409 e. The predicted molar refractivity (Wildman–Crippen MR) is 130 cm³/mol. The van der Waals surface area contributed by atoms with Crippen molar-refractivity contribution < 1.29 is 14.1 Å². The second-order valence-electron chi connectivity index (χ2n) is 6.88. The van der Waals surface area contributed by atoms with E-state index < -0.39 is 0 Å². The zero-order valence-electron chi connectivity index (χ0n) is 17.6. The lowest BCUT2D eigenvalue weighted by atomic mass is 10.1. The third kappa shape index (κ3) is 7.53. The molecule has 2 heterocycles. The molecule has 2 aromatic rings. The van der Waals surface area contributed by atoms with Crippen LogP contribution in [-0.4, -0.2) is 66.4 Å². The van der Waals surface area contributed by atoms with Gasteiger partial charge in [0.1, 0.15) is 0 Å². The molecule has 170 valence electrons. The van der Waals surface area contributed by atoms with Gasteiger partial charge in [-0.2, -0.15) is 4.98 Å². The average Bonchev–Trinajstić information content (AvgIpc) is 3.22. The fourth-order valence-corrected chi connectivity index (χ4v) is 3.39. The number of benzene rings is 1. The molecule has 3 rings (SSSR count). The van der Waals surface area contributed by atoms with E-state index in [2.05, 4.69) is 25.8 Å². The standard InChI is InChI=1S/C20H27ClN6O3.HI/c1-3-29-20(28)27-11-8-16(9-12-27)24-19(22-2)23-10-7-17-25-18(26-30-17)14-5-4-6-15(21)13-14;/h4-6,13,16H,3,7-12H2,1-2H3,(H2,22,23,24);1H. The molecule has 0 spiro atoms. The van der Waals surface area contributed by atoms with E-state index in [1.165, 1.54) is 0 Å². The number of hydrogen-bond donors (Lipinski definition) is 2. The van der Waals surface area contributed by atoms with Crippen LogP contribution < -0.4 is 10.6 Å². The van der Waals surface area contributed by atoms with Crippen molar-refractivity contribution in [1.82, 2.24) is 25.7 Å². The van der Waals surface area contributed by atoms with E-state index in [-0.39, 0.29) is 36.1 Å². The molecular formula is C20H28ClIN6O3. The Morgan fingerprint density at radius 1 is 1.39 bits per heavy atom. The summed E-state index contributed by atoms with van der Waals surface area (Å²) in [6.07, 6.45) is 2.00. The summed E-state index contributed by atoms with van der Waals surface area (Å²) in [4.78, 5) is 22.2. The number of carbonyl (C=O) groups is 1. The summed E-state index contributed by atoms with van der Waals surface area (Å²) >= 11 is 6.01. The molecule has 0 unspecified atom stereocenters. The number of nitrogens with zero attached hydrogens (tertiary/aromatic N) is 4. The average molecular weight is 563 g/mol. The van der Waals surface area contributed by atoms with Crippen molar-refractivity contribution in [2.24, 2.45) is 4.99 Å². The molecule has 11 heteroatoms. The van der Waals surface area contributed by atoms with Gasteiger partial charge in [0.05, 0.1) is 6.61 Å². The molecule has 1 aromatic heterocycles. The van der Waals surface area contributed by atoms with E-state index in [0.29, 0.717) is 55.4 Å². The normalized spacial score (nSPS) is 14.7. The quantitative estimate of drug-likeness (QED) is 0.316. The van der Waals surface area contributed by atoms with Crippen LogP contribution in [0.1, 0.15) is 25.7 Å². The Morgan fingerprint density at radius 2 is 2.16 bits per heavy atom. The highest BCUT2D eigenvalue weighted by atomic mass is 127. The van der Waals surface area contributed by atoms with Gasteiger partial charge in [0, 0.05) is 49.7 Å². The molecular weight excluding hydrogens is 535 g/mol. The van der Waals surface area contributed by atoms with Crippen molar-refractivity contribution >= 4 is 47.6 Å². The minimum Gasteiger partial charge on any atom is -0.450 e. The Balaban J connectivity index is 0.00000341. The molecule has 0 aliphatic carbocycles. The molecule has 1 fully saturated rings. The Morgan fingerprint density at radius 3 is 2.84 bits per heavy atom. The second-order valence-corrected chi connectivity index (χ2v) is 7.31. The highest BCUT2D eigenvalue weighted by molar-refractivity contribution is 14.0. The van der Waals surface area contributed by atoms with Gasteiger partial charge in [-0.05, 0) is 31.9 Å². The van der Waals surface area contributed by atoms with E-state index in [1.54, 1.807) is 24.1 Å².